The van der Waals surface area contributed by atoms with Crippen molar-refractivity contribution in [3.05, 3.63) is 35.9 Å². The van der Waals surface area contributed by atoms with Crippen LogP contribution in [0, 0.1) is 0 Å². The van der Waals surface area contributed by atoms with Gasteiger partial charge in [0.2, 0.25) is 0 Å². The predicted octanol–water partition coefficient (Wildman–Crippen LogP) is 3.88. The van der Waals surface area contributed by atoms with Gasteiger partial charge in [-0.25, -0.2) is 0 Å². The average Bonchev–Trinajstić information content (AvgIpc) is 2.48. The van der Waals surface area contributed by atoms with Gasteiger partial charge in [-0.2, -0.15) is 13.2 Å². The number of methoxy groups -OCH3 is 1. The van der Waals surface area contributed by atoms with Gasteiger partial charge >= 0.3 is 6.18 Å². The van der Waals surface area contributed by atoms with Crippen LogP contribution in [-0.2, 0) is 15.1 Å². The summed E-state index contributed by atoms with van der Waals surface area (Å²) < 4.78 is 46.7. The molecule has 1 amide bonds. The third-order valence-corrected chi connectivity index (χ3v) is 4.61. The maximum absolute atomic E-state index is 13.9. The van der Waals surface area contributed by atoms with Gasteiger partial charge in [0.05, 0.1) is 0 Å². The number of nitrogens with zero attached hydrogens (tertiary/aromatic N) is 1. The fraction of sp³-hybridized carbons (Fsp3) is 0.588. The van der Waals surface area contributed by atoms with Crippen molar-refractivity contribution in [2.75, 3.05) is 7.11 Å². The highest BCUT2D eigenvalue weighted by Crippen LogP contribution is 2.44. The molecule has 0 radical (unpaired) electrons. The minimum atomic E-state index is -4.85. The molecule has 128 valence electrons. The van der Waals surface area contributed by atoms with E-state index < -0.39 is 17.7 Å². The first kappa shape index (κ1) is 17.8. The van der Waals surface area contributed by atoms with Gasteiger partial charge < -0.3 is 9.64 Å². The molecule has 0 bridgehead atoms. The number of carbonyl (C=O) groups is 1. The lowest BCUT2D eigenvalue weighted by molar-refractivity contribution is -0.272. The molecule has 3 atom stereocenters. The van der Waals surface area contributed by atoms with Crippen molar-refractivity contribution in [3.63, 3.8) is 0 Å². The lowest BCUT2D eigenvalue weighted by Crippen LogP contribution is -2.61. The minimum Gasteiger partial charge on any atom is -0.356 e. The van der Waals surface area contributed by atoms with E-state index in [1.807, 2.05) is 0 Å². The Bertz CT molecular complexity index is 537. The second kappa shape index (κ2) is 6.51. The number of alkyl halides is 3. The first-order chi connectivity index (χ1) is 10.8. The van der Waals surface area contributed by atoms with Crippen molar-refractivity contribution in [3.8, 4) is 0 Å². The lowest BCUT2D eigenvalue weighted by atomic mass is 9.87. The SMILES string of the molecule is CO[C@@](C(=O)N1[C@H](C)CCC[C@H]1C)(c1ccccc1)C(F)(F)F. The molecule has 0 unspecified atom stereocenters. The fourth-order valence-corrected chi connectivity index (χ4v) is 3.41. The van der Waals surface area contributed by atoms with Crippen LogP contribution in [-0.4, -0.2) is 36.2 Å². The highest BCUT2D eigenvalue weighted by Gasteiger charge is 2.64. The maximum atomic E-state index is 13.9. The summed E-state index contributed by atoms with van der Waals surface area (Å²) in [7, 11) is 0.942. The predicted molar refractivity (Wildman–Crippen MR) is 80.8 cm³/mol. The first-order valence-electron chi connectivity index (χ1n) is 7.76. The van der Waals surface area contributed by atoms with Crippen LogP contribution in [0.2, 0.25) is 0 Å². The van der Waals surface area contributed by atoms with Crippen molar-refractivity contribution in [2.45, 2.75) is 57.0 Å². The number of amides is 1. The average molecular weight is 329 g/mol. The molecule has 1 aromatic rings. The molecule has 0 aromatic heterocycles. The zero-order valence-corrected chi connectivity index (χ0v) is 13.6. The van der Waals surface area contributed by atoms with Gasteiger partial charge in [0.15, 0.2) is 0 Å². The number of piperidine rings is 1. The van der Waals surface area contributed by atoms with Gasteiger partial charge in [-0.05, 0) is 33.1 Å². The number of benzene rings is 1. The van der Waals surface area contributed by atoms with Crippen LogP contribution < -0.4 is 0 Å². The van der Waals surface area contributed by atoms with E-state index in [2.05, 4.69) is 0 Å². The van der Waals surface area contributed by atoms with E-state index in [1.54, 1.807) is 19.9 Å². The molecule has 1 heterocycles. The number of ether oxygens (including phenoxy) is 1. The van der Waals surface area contributed by atoms with Crippen molar-refractivity contribution in [1.82, 2.24) is 4.90 Å². The molecular weight excluding hydrogens is 307 g/mol. The van der Waals surface area contributed by atoms with Crippen LogP contribution in [0.4, 0.5) is 13.2 Å². The Morgan fingerprint density at radius 2 is 1.65 bits per heavy atom. The summed E-state index contributed by atoms with van der Waals surface area (Å²) in [6.07, 6.45) is -2.55. The Morgan fingerprint density at radius 3 is 2.09 bits per heavy atom. The number of rotatable bonds is 3. The van der Waals surface area contributed by atoms with E-state index >= 15 is 0 Å². The second-order valence-corrected chi connectivity index (χ2v) is 6.09. The van der Waals surface area contributed by atoms with Crippen molar-refractivity contribution >= 4 is 5.91 Å². The van der Waals surface area contributed by atoms with Crippen LogP contribution in [0.25, 0.3) is 0 Å². The summed E-state index contributed by atoms with van der Waals surface area (Å²) in [5.41, 5.74) is -3.15. The Kier molecular flexibility index (Phi) is 5.04. The van der Waals surface area contributed by atoms with Gasteiger partial charge in [-0.1, -0.05) is 30.3 Å². The zero-order valence-electron chi connectivity index (χ0n) is 13.6. The standard InChI is InChI=1S/C17H22F3NO2/c1-12-8-7-9-13(2)21(12)15(22)16(23-3,17(18,19)20)14-10-5-4-6-11-14/h4-6,10-13H,7-9H2,1-3H3/t12-,13-,16-/m1/s1. The molecule has 1 aliphatic heterocycles. The highest BCUT2D eigenvalue weighted by molar-refractivity contribution is 5.88. The molecule has 23 heavy (non-hydrogen) atoms. The Labute approximate surface area is 134 Å². The third-order valence-electron chi connectivity index (χ3n) is 4.61. The molecule has 1 aromatic carbocycles. The molecule has 0 saturated carbocycles. The van der Waals surface area contributed by atoms with Gasteiger partial charge in [0.25, 0.3) is 11.5 Å². The zero-order chi connectivity index (χ0) is 17.3. The molecule has 2 rings (SSSR count). The summed E-state index contributed by atoms with van der Waals surface area (Å²) in [6.45, 7) is 3.57. The summed E-state index contributed by atoms with van der Waals surface area (Å²) in [5, 5.41) is 0. The Hall–Kier alpha value is -1.56. The Morgan fingerprint density at radius 1 is 1.13 bits per heavy atom. The van der Waals surface area contributed by atoms with Gasteiger partial charge in [0, 0.05) is 24.8 Å². The maximum Gasteiger partial charge on any atom is 0.430 e. The molecule has 0 N–H and O–H groups in total. The van der Waals surface area contributed by atoms with E-state index in [4.69, 9.17) is 4.74 Å². The van der Waals surface area contributed by atoms with E-state index in [0.717, 1.165) is 13.5 Å². The van der Waals surface area contributed by atoms with E-state index in [1.165, 1.54) is 29.2 Å². The number of hydrogen-bond donors (Lipinski definition) is 0. The van der Waals surface area contributed by atoms with Crippen LogP contribution in [0.5, 0.6) is 0 Å². The lowest BCUT2D eigenvalue weighted by Gasteiger charge is -2.45. The molecule has 1 aliphatic rings. The van der Waals surface area contributed by atoms with Crippen molar-refractivity contribution < 1.29 is 22.7 Å². The highest BCUT2D eigenvalue weighted by atomic mass is 19.4. The van der Waals surface area contributed by atoms with Crippen LogP contribution in [0.3, 0.4) is 0 Å². The molecule has 1 saturated heterocycles. The van der Waals surface area contributed by atoms with E-state index in [-0.39, 0.29) is 17.6 Å². The van der Waals surface area contributed by atoms with Gasteiger partial charge in [-0.15, -0.1) is 0 Å². The molecule has 1 fully saturated rings. The van der Waals surface area contributed by atoms with Crippen LogP contribution >= 0.6 is 0 Å². The summed E-state index contributed by atoms with van der Waals surface area (Å²) in [5.74, 6) is -1.03. The molecule has 6 heteroatoms. The first-order valence-corrected chi connectivity index (χ1v) is 7.76. The molecule has 3 nitrogen and oxygen atoms in total. The molecule has 0 spiro atoms. The summed E-state index contributed by atoms with van der Waals surface area (Å²) in [6, 6.07) is 6.65. The van der Waals surface area contributed by atoms with Crippen molar-refractivity contribution in [1.29, 1.82) is 0 Å². The molecular formula is C17H22F3NO2. The second-order valence-electron chi connectivity index (χ2n) is 6.09. The fourth-order valence-electron chi connectivity index (χ4n) is 3.41. The van der Waals surface area contributed by atoms with E-state index in [9.17, 15) is 18.0 Å². The topological polar surface area (TPSA) is 29.5 Å². The minimum absolute atomic E-state index is 0.190. The Balaban J connectivity index is 2.56. The van der Waals surface area contributed by atoms with Crippen molar-refractivity contribution in [2.24, 2.45) is 0 Å². The quantitative estimate of drug-likeness (QED) is 0.842. The smallest absolute Gasteiger partial charge is 0.356 e. The van der Waals surface area contributed by atoms with E-state index in [0.29, 0.717) is 12.8 Å². The van der Waals surface area contributed by atoms with Crippen LogP contribution in [0.1, 0.15) is 38.7 Å². The largest absolute Gasteiger partial charge is 0.430 e. The normalized spacial score (nSPS) is 25.0. The van der Waals surface area contributed by atoms with Gasteiger partial charge in [0.1, 0.15) is 0 Å². The van der Waals surface area contributed by atoms with Crippen LogP contribution in [0.15, 0.2) is 30.3 Å². The van der Waals surface area contributed by atoms with Gasteiger partial charge in [-0.3, -0.25) is 4.79 Å². The summed E-state index contributed by atoms with van der Waals surface area (Å²) >= 11 is 0. The number of hydrogen-bond acceptors (Lipinski definition) is 2. The number of likely N-dealkylation sites (tertiary alicyclic amines) is 1. The third kappa shape index (κ3) is 2.96. The number of carbonyl (C=O) groups excluding carboxylic acids is 1. The summed E-state index contributed by atoms with van der Waals surface area (Å²) in [4.78, 5) is 14.3. The monoisotopic (exact) mass is 329 g/mol. The number of halogens is 3. The molecule has 0 aliphatic carbocycles.